The summed E-state index contributed by atoms with van der Waals surface area (Å²) in [5.74, 6) is -2.25. The topological polar surface area (TPSA) is 64.1 Å². The number of hydrogen-bond donors (Lipinski definition) is 1. The van der Waals surface area contributed by atoms with Crippen molar-refractivity contribution < 1.29 is 18.3 Å². The zero-order valence-electron chi connectivity index (χ0n) is 13.0. The second kappa shape index (κ2) is 6.98. The van der Waals surface area contributed by atoms with Crippen LogP contribution in [0, 0.1) is 11.6 Å². The molecule has 0 aliphatic rings. The molecule has 0 unspecified atom stereocenters. The van der Waals surface area contributed by atoms with Gasteiger partial charge in [0.1, 0.15) is 17.4 Å². The van der Waals surface area contributed by atoms with Crippen LogP contribution in [0.1, 0.15) is 5.56 Å². The van der Waals surface area contributed by atoms with E-state index in [2.05, 4.69) is 15.3 Å². The largest absolute Gasteiger partial charge is 0.437 e. The summed E-state index contributed by atoms with van der Waals surface area (Å²) >= 11 is 5.87. The number of amides is 1. The number of carbonyl (C=O) groups is 1. The zero-order valence-corrected chi connectivity index (χ0v) is 13.8. The molecule has 0 saturated carbocycles. The number of benzene rings is 2. The molecule has 0 radical (unpaired) electrons. The third-order valence-electron chi connectivity index (χ3n) is 3.44. The van der Waals surface area contributed by atoms with Crippen LogP contribution in [-0.4, -0.2) is 22.9 Å². The van der Waals surface area contributed by atoms with Gasteiger partial charge in [-0.3, -0.25) is 4.79 Å². The van der Waals surface area contributed by atoms with Crippen molar-refractivity contribution in [2.24, 2.45) is 0 Å². The number of hydrogen-bond acceptors (Lipinski definition) is 4. The lowest BCUT2D eigenvalue weighted by Crippen LogP contribution is -2.21. The molecule has 0 saturated heterocycles. The molecule has 0 aliphatic heterocycles. The number of halogens is 3. The van der Waals surface area contributed by atoms with Crippen molar-refractivity contribution in [1.29, 1.82) is 0 Å². The molecule has 0 fully saturated rings. The Morgan fingerprint density at radius 2 is 1.92 bits per heavy atom. The predicted octanol–water partition coefficient (Wildman–Crippen LogP) is 3.64. The van der Waals surface area contributed by atoms with Crippen LogP contribution in [0.3, 0.4) is 0 Å². The Balaban J connectivity index is 1.88. The molecular weight excluding hydrogens is 352 g/mol. The third kappa shape index (κ3) is 3.83. The molecule has 8 heteroatoms. The van der Waals surface area contributed by atoms with E-state index in [0.717, 1.165) is 12.1 Å². The fraction of sp³-hybridized carbons (Fsp3) is 0.118. The van der Waals surface area contributed by atoms with Crippen LogP contribution in [0.15, 0.2) is 36.5 Å². The van der Waals surface area contributed by atoms with Crippen molar-refractivity contribution in [2.45, 2.75) is 6.42 Å². The Morgan fingerprint density at radius 3 is 2.60 bits per heavy atom. The van der Waals surface area contributed by atoms with E-state index in [-0.39, 0.29) is 17.2 Å². The molecule has 1 heterocycles. The lowest BCUT2D eigenvalue weighted by molar-refractivity contribution is -0.120. The van der Waals surface area contributed by atoms with Crippen molar-refractivity contribution in [3.05, 3.63) is 58.7 Å². The number of ether oxygens (including phenoxy) is 1. The van der Waals surface area contributed by atoms with E-state index in [1.54, 1.807) is 18.2 Å². The quantitative estimate of drug-likeness (QED) is 0.768. The number of aromatic nitrogens is 2. The second-order valence-corrected chi connectivity index (χ2v) is 5.60. The minimum atomic E-state index is -0.876. The Kier molecular flexibility index (Phi) is 4.76. The van der Waals surface area contributed by atoms with Gasteiger partial charge in [0.25, 0.3) is 0 Å². The maximum Gasteiger partial charge on any atom is 0.238 e. The van der Waals surface area contributed by atoms with Crippen LogP contribution >= 0.6 is 11.6 Å². The lowest BCUT2D eigenvalue weighted by Gasteiger charge is -2.09. The molecule has 0 spiro atoms. The first-order chi connectivity index (χ1) is 12.0. The highest BCUT2D eigenvalue weighted by Crippen LogP contribution is 2.26. The number of carbonyl (C=O) groups excluding carboxylic acids is 1. The van der Waals surface area contributed by atoms with Crippen LogP contribution in [-0.2, 0) is 11.2 Å². The smallest absolute Gasteiger partial charge is 0.238 e. The van der Waals surface area contributed by atoms with Gasteiger partial charge in [0.15, 0.2) is 0 Å². The van der Waals surface area contributed by atoms with Gasteiger partial charge in [0.05, 0.1) is 23.7 Å². The van der Waals surface area contributed by atoms with Crippen molar-refractivity contribution in [2.75, 3.05) is 7.05 Å². The molecule has 128 valence electrons. The lowest BCUT2D eigenvalue weighted by atomic mass is 10.1. The van der Waals surface area contributed by atoms with Gasteiger partial charge in [0.2, 0.25) is 11.8 Å². The highest BCUT2D eigenvalue weighted by atomic mass is 35.5. The Hall–Kier alpha value is -2.80. The fourth-order valence-corrected chi connectivity index (χ4v) is 2.36. The van der Waals surface area contributed by atoms with Crippen LogP contribution in [0.5, 0.6) is 11.6 Å². The van der Waals surface area contributed by atoms with Gasteiger partial charge in [-0.05, 0) is 18.2 Å². The molecule has 0 bridgehead atoms. The minimum absolute atomic E-state index is 0.0765. The van der Waals surface area contributed by atoms with Crippen LogP contribution < -0.4 is 10.1 Å². The molecule has 25 heavy (non-hydrogen) atoms. The molecule has 1 N–H and O–H groups in total. The SMILES string of the molecule is CNC(=O)Cc1c(F)cc(Oc2cnc3cc(Cl)ccc3n2)cc1F. The highest BCUT2D eigenvalue weighted by molar-refractivity contribution is 6.31. The maximum absolute atomic E-state index is 14.1. The van der Waals surface area contributed by atoms with Gasteiger partial charge in [-0.1, -0.05) is 11.6 Å². The van der Waals surface area contributed by atoms with E-state index < -0.39 is 24.0 Å². The minimum Gasteiger partial charge on any atom is -0.437 e. The van der Waals surface area contributed by atoms with Crippen molar-refractivity contribution in [3.63, 3.8) is 0 Å². The van der Waals surface area contributed by atoms with E-state index >= 15 is 0 Å². The highest BCUT2D eigenvalue weighted by Gasteiger charge is 2.15. The van der Waals surface area contributed by atoms with Crippen molar-refractivity contribution in [1.82, 2.24) is 15.3 Å². The van der Waals surface area contributed by atoms with Gasteiger partial charge >= 0.3 is 0 Å². The molecule has 2 aromatic carbocycles. The number of fused-ring (bicyclic) bond motifs is 1. The summed E-state index contributed by atoms with van der Waals surface area (Å²) in [6.07, 6.45) is 0.928. The summed E-state index contributed by atoms with van der Waals surface area (Å²) in [4.78, 5) is 19.6. The van der Waals surface area contributed by atoms with E-state index in [1.165, 1.54) is 13.2 Å². The van der Waals surface area contributed by atoms with Crippen molar-refractivity contribution >= 4 is 28.5 Å². The molecule has 0 aliphatic carbocycles. The first kappa shape index (κ1) is 17.0. The number of nitrogens with one attached hydrogen (secondary N) is 1. The fourth-order valence-electron chi connectivity index (χ4n) is 2.19. The Bertz CT molecular complexity index is 943. The van der Waals surface area contributed by atoms with E-state index in [0.29, 0.717) is 16.1 Å². The Morgan fingerprint density at radius 1 is 1.20 bits per heavy atom. The standard InChI is InChI=1S/C17H12ClF2N3O2/c1-21-16(24)7-11-12(19)5-10(6-13(11)20)25-17-8-22-15-4-9(18)2-3-14(15)23-17/h2-6,8H,7H2,1H3,(H,21,24). The molecular formula is C17H12ClF2N3O2. The summed E-state index contributed by atoms with van der Waals surface area (Å²) in [5.41, 5.74) is 0.767. The summed E-state index contributed by atoms with van der Waals surface area (Å²) in [6.45, 7) is 0. The van der Waals surface area contributed by atoms with E-state index in [4.69, 9.17) is 16.3 Å². The number of rotatable bonds is 4. The predicted molar refractivity (Wildman–Crippen MR) is 88.8 cm³/mol. The van der Waals surface area contributed by atoms with Gasteiger partial charge in [-0.25, -0.2) is 18.7 Å². The summed E-state index contributed by atoms with van der Waals surface area (Å²) in [6, 6.07) is 6.94. The summed E-state index contributed by atoms with van der Waals surface area (Å²) in [5, 5.41) is 2.83. The summed E-state index contributed by atoms with van der Waals surface area (Å²) < 4.78 is 33.5. The van der Waals surface area contributed by atoms with Crippen LogP contribution in [0.25, 0.3) is 11.0 Å². The first-order valence-corrected chi connectivity index (χ1v) is 7.62. The average molecular weight is 364 g/mol. The summed E-state index contributed by atoms with van der Waals surface area (Å²) in [7, 11) is 1.39. The molecule has 3 rings (SSSR count). The average Bonchev–Trinajstić information content (AvgIpc) is 2.58. The van der Waals surface area contributed by atoms with Crippen LogP contribution in [0.4, 0.5) is 8.78 Å². The zero-order chi connectivity index (χ0) is 18.0. The maximum atomic E-state index is 14.1. The number of nitrogens with zero attached hydrogens (tertiary/aromatic N) is 2. The van der Waals surface area contributed by atoms with Crippen LogP contribution in [0.2, 0.25) is 5.02 Å². The van der Waals surface area contributed by atoms with Gasteiger partial charge in [0, 0.05) is 29.8 Å². The molecule has 5 nitrogen and oxygen atoms in total. The normalized spacial score (nSPS) is 10.7. The van der Waals surface area contributed by atoms with E-state index in [9.17, 15) is 13.6 Å². The van der Waals surface area contributed by atoms with Crippen molar-refractivity contribution in [3.8, 4) is 11.6 Å². The third-order valence-corrected chi connectivity index (χ3v) is 3.67. The van der Waals surface area contributed by atoms with Gasteiger partial charge < -0.3 is 10.1 Å². The first-order valence-electron chi connectivity index (χ1n) is 7.25. The monoisotopic (exact) mass is 363 g/mol. The molecule has 0 atom stereocenters. The molecule has 3 aromatic rings. The molecule has 1 aromatic heterocycles. The van der Waals surface area contributed by atoms with E-state index in [1.807, 2.05) is 0 Å². The second-order valence-electron chi connectivity index (χ2n) is 5.16. The number of likely N-dealkylation sites (N-methyl/N-ethyl adjacent to an activating group) is 1. The Labute approximate surface area is 146 Å². The van der Waals surface area contributed by atoms with Gasteiger partial charge in [-0.2, -0.15) is 0 Å². The van der Waals surface area contributed by atoms with Gasteiger partial charge in [-0.15, -0.1) is 0 Å². The molecule has 1 amide bonds.